The van der Waals surface area contributed by atoms with Crippen molar-refractivity contribution < 1.29 is 17.0 Å². The molecule has 0 saturated heterocycles. The van der Waals surface area contributed by atoms with Crippen LogP contribution in [-0.2, 0) is 18.7 Å². The highest BCUT2D eigenvalue weighted by atomic mass is 32.2. The first-order valence-electron chi connectivity index (χ1n) is 9.08. The Morgan fingerprint density at radius 1 is 0.960 bits per heavy atom. The first kappa shape index (κ1) is 20.6. The summed E-state index contributed by atoms with van der Waals surface area (Å²) >= 11 is 0. The van der Waals surface area contributed by atoms with E-state index in [2.05, 4.69) is 33.9 Å². The molecule has 1 aliphatic carbocycles. The second kappa shape index (κ2) is 7.51. The number of aryl methyl sites for hydroxylation is 1. The van der Waals surface area contributed by atoms with Crippen LogP contribution in [0.1, 0.15) is 52.0 Å². The van der Waals surface area contributed by atoms with Crippen molar-refractivity contribution in [1.29, 1.82) is 0 Å². The van der Waals surface area contributed by atoms with Gasteiger partial charge in [0.05, 0.1) is 11.0 Å². The minimum atomic E-state index is -3.68. The van der Waals surface area contributed by atoms with Gasteiger partial charge in [0.2, 0.25) is 0 Å². The number of rotatable bonds is 5. The van der Waals surface area contributed by atoms with Crippen molar-refractivity contribution in [2.75, 3.05) is 0 Å². The van der Waals surface area contributed by atoms with Gasteiger partial charge in [-0.2, -0.15) is 8.42 Å². The van der Waals surface area contributed by atoms with E-state index in [-0.39, 0.29) is 22.1 Å². The van der Waals surface area contributed by atoms with E-state index in [1.165, 1.54) is 0 Å². The highest BCUT2D eigenvalue weighted by Crippen LogP contribution is 2.39. The van der Waals surface area contributed by atoms with E-state index in [0.29, 0.717) is 0 Å². The molecule has 25 heavy (non-hydrogen) atoms. The quantitative estimate of drug-likeness (QED) is 0.527. The molecular weight excluding hydrogens is 352 g/mol. The van der Waals surface area contributed by atoms with Gasteiger partial charge >= 0.3 is 0 Å². The average molecular weight is 385 g/mol. The van der Waals surface area contributed by atoms with Crippen molar-refractivity contribution >= 4 is 18.4 Å². The zero-order chi connectivity index (χ0) is 18.9. The molecule has 6 heteroatoms. The van der Waals surface area contributed by atoms with Crippen molar-refractivity contribution in [2.24, 2.45) is 0 Å². The molecule has 0 heterocycles. The van der Waals surface area contributed by atoms with Gasteiger partial charge in [0, 0.05) is 6.10 Å². The van der Waals surface area contributed by atoms with Crippen molar-refractivity contribution in [3.05, 3.63) is 29.8 Å². The minimum Gasteiger partial charge on any atom is -0.414 e. The molecule has 0 unspecified atom stereocenters. The summed E-state index contributed by atoms with van der Waals surface area (Å²) in [5, 5.41) is 0.190. The SMILES string of the molecule is Cc1ccc(S(=O)(=O)OC2CCC(O[Si](C)(C)C(C)(C)C)CC2)cc1. The zero-order valence-corrected chi connectivity index (χ0v) is 18.2. The summed E-state index contributed by atoms with van der Waals surface area (Å²) in [5.41, 5.74) is 1.03. The second-order valence-electron chi connectivity index (χ2n) is 8.64. The molecule has 0 spiro atoms. The Bertz CT molecular complexity index is 666. The van der Waals surface area contributed by atoms with Gasteiger partial charge in [0.15, 0.2) is 8.32 Å². The topological polar surface area (TPSA) is 52.6 Å². The first-order valence-corrected chi connectivity index (χ1v) is 13.4. The molecule has 1 saturated carbocycles. The van der Waals surface area contributed by atoms with Crippen molar-refractivity contribution in [3.8, 4) is 0 Å². The molecule has 1 aromatic rings. The second-order valence-corrected chi connectivity index (χ2v) is 15.0. The molecule has 0 amide bonds. The normalized spacial score (nSPS) is 22.8. The summed E-state index contributed by atoms with van der Waals surface area (Å²) in [4.78, 5) is 0.234. The van der Waals surface area contributed by atoms with Crippen LogP contribution in [0.3, 0.4) is 0 Å². The summed E-state index contributed by atoms with van der Waals surface area (Å²) < 4.78 is 36.7. The lowest BCUT2D eigenvalue weighted by Gasteiger charge is -2.41. The molecular formula is C19H32O4SSi. The van der Waals surface area contributed by atoms with Gasteiger partial charge in [-0.15, -0.1) is 0 Å². The van der Waals surface area contributed by atoms with Crippen LogP contribution in [0.25, 0.3) is 0 Å². The summed E-state index contributed by atoms with van der Waals surface area (Å²) in [6, 6.07) is 6.80. The summed E-state index contributed by atoms with van der Waals surface area (Å²) in [5.74, 6) is 0. The Morgan fingerprint density at radius 3 is 1.92 bits per heavy atom. The van der Waals surface area contributed by atoms with Crippen molar-refractivity contribution in [3.63, 3.8) is 0 Å². The van der Waals surface area contributed by atoms with Crippen molar-refractivity contribution in [2.45, 2.75) is 88.6 Å². The maximum Gasteiger partial charge on any atom is 0.297 e. The molecule has 1 fully saturated rings. The molecule has 0 radical (unpaired) electrons. The summed E-state index contributed by atoms with van der Waals surface area (Å²) in [7, 11) is -5.46. The van der Waals surface area contributed by atoms with E-state index in [0.717, 1.165) is 31.2 Å². The molecule has 2 rings (SSSR count). The van der Waals surface area contributed by atoms with Gasteiger partial charge in [-0.05, 0) is 62.9 Å². The van der Waals surface area contributed by atoms with Crippen LogP contribution in [0.15, 0.2) is 29.2 Å². The molecule has 1 aromatic carbocycles. The van der Waals surface area contributed by atoms with E-state index in [4.69, 9.17) is 8.61 Å². The van der Waals surface area contributed by atoms with E-state index in [1.807, 2.05) is 6.92 Å². The molecule has 0 aliphatic heterocycles. The highest BCUT2D eigenvalue weighted by molar-refractivity contribution is 7.86. The van der Waals surface area contributed by atoms with Gasteiger partial charge < -0.3 is 4.43 Å². The summed E-state index contributed by atoms with van der Waals surface area (Å²) in [6.07, 6.45) is 3.16. The average Bonchev–Trinajstić information content (AvgIpc) is 2.48. The minimum absolute atomic E-state index is 0.190. The molecule has 0 N–H and O–H groups in total. The Hall–Kier alpha value is -0.693. The van der Waals surface area contributed by atoms with Gasteiger partial charge in [-0.1, -0.05) is 38.5 Å². The van der Waals surface area contributed by atoms with Crippen LogP contribution in [0.2, 0.25) is 18.1 Å². The lowest BCUT2D eigenvalue weighted by molar-refractivity contribution is 0.0757. The zero-order valence-electron chi connectivity index (χ0n) is 16.3. The fourth-order valence-corrected chi connectivity index (χ4v) is 5.33. The largest absolute Gasteiger partial charge is 0.414 e. The standard InChI is InChI=1S/C19H32O4SSi/c1-15-7-13-18(14-8-15)24(20,21)22-16-9-11-17(12-10-16)23-25(5,6)19(2,3)4/h7-8,13-14,16-17H,9-12H2,1-6H3. The molecule has 4 nitrogen and oxygen atoms in total. The third kappa shape index (κ3) is 5.39. The first-order chi connectivity index (χ1) is 11.4. The van der Waals surface area contributed by atoms with Gasteiger partial charge in [-0.3, -0.25) is 4.18 Å². The van der Waals surface area contributed by atoms with Crippen LogP contribution >= 0.6 is 0 Å². The predicted octanol–water partition coefficient (Wildman–Crippen LogP) is 5.03. The Balaban J connectivity index is 1.91. The Morgan fingerprint density at radius 2 is 1.44 bits per heavy atom. The van der Waals surface area contributed by atoms with Crippen molar-refractivity contribution in [1.82, 2.24) is 0 Å². The molecule has 0 aromatic heterocycles. The maximum atomic E-state index is 12.4. The fourth-order valence-electron chi connectivity index (χ4n) is 2.78. The predicted molar refractivity (Wildman–Crippen MR) is 104 cm³/mol. The van der Waals surface area contributed by atoms with E-state index < -0.39 is 18.4 Å². The monoisotopic (exact) mass is 384 g/mol. The Labute approximate surface area is 154 Å². The van der Waals surface area contributed by atoms with Gasteiger partial charge in [-0.25, -0.2) is 0 Å². The van der Waals surface area contributed by atoms with E-state index in [1.54, 1.807) is 24.3 Å². The molecule has 142 valence electrons. The lowest BCUT2D eigenvalue weighted by atomic mass is 9.95. The van der Waals surface area contributed by atoms with Gasteiger partial charge in [0.25, 0.3) is 10.1 Å². The highest BCUT2D eigenvalue weighted by Gasteiger charge is 2.40. The third-order valence-corrected chi connectivity index (χ3v) is 11.4. The fraction of sp³-hybridized carbons (Fsp3) is 0.684. The van der Waals surface area contributed by atoms with E-state index >= 15 is 0 Å². The smallest absolute Gasteiger partial charge is 0.297 e. The molecule has 1 aliphatic rings. The summed E-state index contributed by atoms with van der Waals surface area (Å²) in [6.45, 7) is 13.2. The van der Waals surface area contributed by atoms with Crippen LogP contribution in [0, 0.1) is 6.92 Å². The Kier molecular flexibility index (Phi) is 6.19. The third-order valence-electron chi connectivity index (χ3n) is 5.46. The van der Waals surface area contributed by atoms with E-state index in [9.17, 15) is 8.42 Å². The van der Waals surface area contributed by atoms with Crippen LogP contribution in [-0.4, -0.2) is 28.9 Å². The number of hydrogen-bond acceptors (Lipinski definition) is 4. The number of benzene rings is 1. The van der Waals surface area contributed by atoms with Crippen LogP contribution in [0.5, 0.6) is 0 Å². The lowest BCUT2D eigenvalue weighted by Crippen LogP contribution is -2.45. The van der Waals surface area contributed by atoms with Crippen LogP contribution in [0.4, 0.5) is 0 Å². The molecule has 0 atom stereocenters. The molecule has 0 bridgehead atoms. The number of hydrogen-bond donors (Lipinski definition) is 0. The maximum absolute atomic E-state index is 12.4. The van der Waals surface area contributed by atoms with Crippen LogP contribution < -0.4 is 0 Å². The van der Waals surface area contributed by atoms with Gasteiger partial charge in [0.1, 0.15) is 0 Å².